The molecule has 0 aliphatic heterocycles. The monoisotopic (exact) mass is 346 g/mol. The predicted octanol–water partition coefficient (Wildman–Crippen LogP) is 3.69. The molecule has 0 saturated heterocycles. The summed E-state index contributed by atoms with van der Waals surface area (Å²) in [6, 6.07) is 12.3. The molecular formula is C17H15FN2O3S. The second-order valence-electron chi connectivity index (χ2n) is 5.00. The molecule has 0 saturated carbocycles. The van der Waals surface area contributed by atoms with Gasteiger partial charge in [0.05, 0.1) is 12.2 Å². The largest absolute Gasteiger partial charge is 0.492 e. The zero-order valence-corrected chi connectivity index (χ0v) is 13.8. The summed E-state index contributed by atoms with van der Waals surface area (Å²) in [5.41, 5.74) is 0.698. The van der Waals surface area contributed by atoms with Gasteiger partial charge >= 0.3 is 5.97 Å². The quantitative estimate of drug-likeness (QED) is 0.639. The highest BCUT2D eigenvalue weighted by Crippen LogP contribution is 2.20. The number of carbonyl (C=O) groups excluding carboxylic acids is 1. The third-order valence-corrected chi connectivity index (χ3v) is 4.05. The van der Waals surface area contributed by atoms with Gasteiger partial charge in [-0.3, -0.25) is 0 Å². The second kappa shape index (κ2) is 7.27. The van der Waals surface area contributed by atoms with Crippen molar-refractivity contribution in [1.29, 1.82) is 0 Å². The van der Waals surface area contributed by atoms with Gasteiger partial charge in [0.1, 0.15) is 23.1 Å². The maximum absolute atomic E-state index is 13.5. The molecule has 0 N–H and O–H groups in total. The Bertz CT molecular complexity index is 829. The molecule has 0 bridgehead atoms. The summed E-state index contributed by atoms with van der Waals surface area (Å²) in [6.07, 6.45) is 0. The second-order valence-corrected chi connectivity index (χ2v) is 5.91. The lowest BCUT2D eigenvalue weighted by atomic mass is 10.3. The van der Waals surface area contributed by atoms with Crippen molar-refractivity contribution in [3.63, 3.8) is 0 Å². The number of esters is 1. The Morgan fingerprint density at radius 1 is 1.29 bits per heavy atom. The summed E-state index contributed by atoms with van der Waals surface area (Å²) >= 11 is 1.00. The minimum atomic E-state index is -0.729. The Balaban J connectivity index is 1.64. The third kappa shape index (κ3) is 3.80. The maximum atomic E-state index is 13.5. The molecule has 0 amide bonds. The van der Waals surface area contributed by atoms with E-state index in [-0.39, 0.29) is 10.8 Å². The number of rotatable bonds is 6. The van der Waals surface area contributed by atoms with Crippen molar-refractivity contribution >= 4 is 17.3 Å². The van der Waals surface area contributed by atoms with E-state index in [1.807, 2.05) is 30.3 Å². The summed E-state index contributed by atoms with van der Waals surface area (Å²) in [7, 11) is 0. The summed E-state index contributed by atoms with van der Waals surface area (Å²) in [5.74, 6) is -0.296. The molecular weight excluding hydrogens is 331 g/mol. The first-order valence-electron chi connectivity index (χ1n) is 7.31. The third-order valence-electron chi connectivity index (χ3n) is 3.18. The van der Waals surface area contributed by atoms with Crippen LogP contribution >= 0.6 is 11.3 Å². The molecule has 5 nitrogen and oxygen atoms in total. The van der Waals surface area contributed by atoms with Crippen molar-refractivity contribution in [2.45, 2.75) is 13.5 Å². The van der Waals surface area contributed by atoms with E-state index in [1.165, 1.54) is 16.1 Å². The Morgan fingerprint density at radius 3 is 2.79 bits per heavy atom. The van der Waals surface area contributed by atoms with Crippen molar-refractivity contribution in [3.8, 4) is 11.6 Å². The number of nitrogens with zero attached hydrogens (tertiary/aromatic N) is 2. The average molecular weight is 346 g/mol. The van der Waals surface area contributed by atoms with E-state index in [0.29, 0.717) is 18.8 Å². The van der Waals surface area contributed by atoms with E-state index in [2.05, 4.69) is 5.10 Å². The first-order chi connectivity index (χ1) is 11.6. The van der Waals surface area contributed by atoms with Crippen molar-refractivity contribution in [2.75, 3.05) is 6.61 Å². The molecule has 0 aliphatic rings. The van der Waals surface area contributed by atoms with E-state index in [0.717, 1.165) is 17.1 Å². The van der Waals surface area contributed by atoms with Crippen LogP contribution in [0.4, 0.5) is 4.39 Å². The van der Waals surface area contributed by atoms with Gasteiger partial charge in [0.25, 0.3) is 0 Å². The first-order valence-corrected chi connectivity index (χ1v) is 8.19. The van der Waals surface area contributed by atoms with Crippen molar-refractivity contribution in [3.05, 3.63) is 64.2 Å². The number of hydrogen-bond donors (Lipinski definition) is 0. The van der Waals surface area contributed by atoms with E-state index in [9.17, 15) is 9.18 Å². The molecule has 0 aliphatic carbocycles. The molecule has 1 aromatic carbocycles. The fraction of sp³-hybridized carbons (Fsp3) is 0.176. The normalized spacial score (nSPS) is 10.6. The lowest BCUT2D eigenvalue weighted by molar-refractivity contribution is 0.0717. The van der Waals surface area contributed by atoms with Crippen LogP contribution in [0.25, 0.3) is 0 Å². The van der Waals surface area contributed by atoms with Gasteiger partial charge in [0.15, 0.2) is 0 Å². The fourth-order valence-electron chi connectivity index (χ4n) is 2.11. The molecule has 3 aromatic rings. The molecule has 24 heavy (non-hydrogen) atoms. The maximum Gasteiger partial charge on any atom is 0.358 e. The topological polar surface area (TPSA) is 53.4 Å². The fourth-order valence-corrected chi connectivity index (χ4v) is 2.75. The van der Waals surface area contributed by atoms with Gasteiger partial charge in [-0.1, -0.05) is 18.2 Å². The number of para-hydroxylation sites is 1. The zero-order valence-electron chi connectivity index (χ0n) is 12.9. The molecule has 2 heterocycles. The van der Waals surface area contributed by atoms with E-state index in [4.69, 9.17) is 9.47 Å². The molecule has 3 rings (SSSR count). The van der Waals surface area contributed by atoms with Gasteiger partial charge in [0.2, 0.25) is 5.88 Å². The van der Waals surface area contributed by atoms with Crippen LogP contribution in [0, 0.1) is 12.7 Å². The molecule has 7 heteroatoms. The highest BCUT2D eigenvalue weighted by Gasteiger charge is 2.18. The Kier molecular flexibility index (Phi) is 4.90. The van der Waals surface area contributed by atoms with Gasteiger partial charge in [-0.25, -0.2) is 13.9 Å². The smallest absolute Gasteiger partial charge is 0.358 e. The number of halogens is 1. The van der Waals surface area contributed by atoms with Crippen LogP contribution in [0.5, 0.6) is 11.6 Å². The lowest BCUT2D eigenvalue weighted by Crippen LogP contribution is -2.15. The summed E-state index contributed by atoms with van der Waals surface area (Å²) < 4.78 is 25.9. The Hall–Kier alpha value is -2.67. The van der Waals surface area contributed by atoms with Gasteiger partial charge in [0, 0.05) is 6.07 Å². The van der Waals surface area contributed by atoms with Crippen LogP contribution in [-0.2, 0) is 6.54 Å². The Labute approximate surface area is 142 Å². The summed E-state index contributed by atoms with van der Waals surface area (Å²) in [4.78, 5) is 12.0. The van der Waals surface area contributed by atoms with Crippen molar-refractivity contribution in [1.82, 2.24) is 9.78 Å². The van der Waals surface area contributed by atoms with Gasteiger partial charge < -0.3 is 9.47 Å². The number of carbonyl (C=O) groups is 1. The number of benzene rings is 1. The highest BCUT2D eigenvalue weighted by atomic mass is 32.1. The lowest BCUT2D eigenvalue weighted by Gasteiger charge is -2.09. The van der Waals surface area contributed by atoms with Gasteiger partial charge in [-0.15, -0.1) is 11.3 Å². The number of ether oxygens (including phenoxy) is 2. The highest BCUT2D eigenvalue weighted by molar-refractivity contribution is 7.12. The molecule has 0 radical (unpaired) electrons. The molecule has 2 aromatic heterocycles. The zero-order chi connectivity index (χ0) is 16.9. The molecule has 0 atom stereocenters. The van der Waals surface area contributed by atoms with Crippen molar-refractivity contribution < 1.29 is 18.7 Å². The van der Waals surface area contributed by atoms with Crippen LogP contribution < -0.4 is 9.47 Å². The molecule has 0 unspecified atom stereocenters. The van der Waals surface area contributed by atoms with Crippen LogP contribution in [0.1, 0.15) is 15.4 Å². The number of thiophene rings is 1. The van der Waals surface area contributed by atoms with Crippen LogP contribution in [-0.4, -0.2) is 22.4 Å². The standard InChI is InChI=1S/C17H15FN2O3S/c1-12-11-15(23-17(21)16-14(18)7-10-24-16)20(19-12)8-9-22-13-5-3-2-4-6-13/h2-7,10-11H,8-9H2,1H3. The van der Waals surface area contributed by atoms with E-state index in [1.54, 1.807) is 13.0 Å². The average Bonchev–Trinajstić information content (AvgIpc) is 3.14. The van der Waals surface area contributed by atoms with E-state index < -0.39 is 11.8 Å². The van der Waals surface area contributed by atoms with Crippen molar-refractivity contribution in [2.24, 2.45) is 0 Å². The van der Waals surface area contributed by atoms with Crippen LogP contribution in [0.2, 0.25) is 0 Å². The minimum absolute atomic E-state index is 0.0547. The SMILES string of the molecule is Cc1cc(OC(=O)c2sccc2F)n(CCOc2ccccc2)n1. The van der Waals surface area contributed by atoms with Gasteiger partial charge in [-0.05, 0) is 30.5 Å². The first kappa shape index (κ1) is 16.2. The Morgan fingerprint density at radius 2 is 2.08 bits per heavy atom. The summed E-state index contributed by atoms with van der Waals surface area (Å²) in [6.45, 7) is 2.55. The number of aryl methyl sites for hydroxylation is 1. The van der Waals surface area contributed by atoms with Gasteiger partial charge in [-0.2, -0.15) is 5.10 Å². The minimum Gasteiger partial charge on any atom is -0.492 e. The molecule has 0 spiro atoms. The van der Waals surface area contributed by atoms with Crippen LogP contribution in [0.3, 0.4) is 0 Å². The molecule has 0 fully saturated rings. The van der Waals surface area contributed by atoms with E-state index >= 15 is 0 Å². The predicted molar refractivity (Wildman–Crippen MR) is 88.1 cm³/mol. The number of hydrogen-bond acceptors (Lipinski definition) is 5. The summed E-state index contributed by atoms with van der Waals surface area (Å²) in [5, 5.41) is 5.77. The number of aromatic nitrogens is 2. The molecule has 124 valence electrons. The van der Waals surface area contributed by atoms with Crippen LogP contribution in [0.15, 0.2) is 47.8 Å².